The first-order valence-corrected chi connectivity index (χ1v) is 6.61. The molecule has 0 radical (unpaired) electrons. The molecule has 0 saturated carbocycles. The van der Waals surface area contributed by atoms with Crippen LogP contribution in [0.15, 0.2) is 16.6 Å². The van der Waals surface area contributed by atoms with Crippen molar-refractivity contribution >= 4 is 21.6 Å². The van der Waals surface area contributed by atoms with Crippen LogP contribution in [0.3, 0.4) is 0 Å². The normalized spacial score (nSPS) is 12.5. The summed E-state index contributed by atoms with van der Waals surface area (Å²) in [5.41, 5.74) is 7.98. The van der Waals surface area contributed by atoms with Gasteiger partial charge in [0.05, 0.1) is 16.8 Å². The molecule has 1 unspecified atom stereocenters. The van der Waals surface area contributed by atoms with E-state index in [9.17, 15) is 0 Å². The van der Waals surface area contributed by atoms with Gasteiger partial charge in [0.1, 0.15) is 0 Å². The van der Waals surface area contributed by atoms with Crippen molar-refractivity contribution in [2.75, 3.05) is 12.3 Å². The minimum Gasteiger partial charge on any atom is -0.490 e. The van der Waals surface area contributed by atoms with E-state index in [0.717, 1.165) is 28.8 Å². The quantitative estimate of drug-likeness (QED) is 0.817. The zero-order valence-corrected chi connectivity index (χ0v) is 11.8. The highest BCUT2D eigenvalue weighted by Gasteiger charge is 2.11. The number of hydrogen-bond acceptors (Lipinski definition) is 2. The fourth-order valence-electron chi connectivity index (χ4n) is 1.51. The molecule has 0 aliphatic rings. The van der Waals surface area contributed by atoms with Crippen LogP contribution in [0.4, 0.5) is 5.69 Å². The third kappa shape index (κ3) is 3.14. The Hall–Kier alpha value is -0.700. The summed E-state index contributed by atoms with van der Waals surface area (Å²) < 4.78 is 6.57. The fraction of sp³-hybridized carbons (Fsp3) is 0.538. The van der Waals surface area contributed by atoms with E-state index in [4.69, 9.17) is 10.5 Å². The average Bonchev–Trinajstić information content (AvgIpc) is 2.26. The number of anilines is 1. The molecule has 0 aromatic heterocycles. The standard InChI is InChI=1S/C13H20BrNO/c1-4-6-16-13-11(14)7-10(8-12(13)15)9(3)5-2/h7-9H,4-6,15H2,1-3H3. The van der Waals surface area contributed by atoms with Gasteiger partial charge in [-0.3, -0.25) is 0 Å². The van der Waals surface area contributed by atoms with E-state index in [2.05, 4.69) is 42.8 Å². The molecule has 3 heteroatoms. The highest BCUT2D eigenvalue weighted by molar-refractivity contribution is 9.10. The molecule has 0 spiro atoms. The first-order valence-electron chi connectivity index (χ1n) is 5.81. The second-order valence-electron chi connectivity index (χ2n) is 4.08. The van der Waals surface area contributed by atoms with Crippen LogP contribution in [0.5, 0.6) is 5.75 Å². The maximum Gasteiger partial charge on any atom is 0.156 e. The summed E-state index contributed by atoms with van der Waals surface area (Å²) in [7, 11) is 0. The van der Waals surface area contributed by atoms with Crippen LogP contribution >= 0.6 is 15.9 Å². The lowest BCUT2D eigenvalue weighted by molar-refractivity contribution is 0.317. The molecule has 0 amide bonds. The third-order valence-electron chi connectivity index (χ3n) is 2.73. The predicted molar refractivity (Wildman–Crippen MR) is 73.0 cm³/mol. The molecule has 1 atom stereocenters. The van der Waals surface area contributed by atoms with Crippen molar-refractivity contribution in [3.05, 3.63) is 22.2 Å². The molecule has 0 aliphatic heterocycles. The largest absolute Gasteiger partial charge is 0.490 e. The number of nitrogens with two attached hydrogens (primary N) is 1. The summed E-state index contributed by atoms with van der Waals surface area (Å²) in [6.07, 6.45) is 2.10. The van der Waals surface area contributed by atoms with E-state index in [1.54, 1.807) is 0 Å². The van der Waals surface area contributed by atoms with Crippen molar-refractivity contribution in [3.8, 4) is 5.75 Å². The SMILES string of the molecule is CCCOc1c(N)cc(C(C)CC)cc1Br. The zero-order valence-electron chi connectivity index (χ0n) is 10.2. The van der Waals surface area contributed by atoms with E-state index in [1.165, 1.54) is 5.56 Å². The van der Waals surface area contributed by atoms with Crippen molar-refractivity contribution in [2.24, 2.45) is 0 Å². The first-order chi connectivity index (χ1) is 7.60. The summed E-state index contributed by atoms with van der Waals surface area (Å²) in [6.45, 7) is 7.16. The highest BCUT2D eigenvalue weighted by atomic mass is 79.9. The molecule has 0 heterocycles. The summed E-state index contributed by atoms with van der Waals surface area (Å²) in [4.78, 5) is 0. The molecule has 90 valence electrons. The number of rotatable bonds is 5. The molecule has 1 aromatic carbocycles. The number of benzene rings is 1. The monoisotopic (exact) mass is 285 g/mol. The molecule has 1 aromatic rings. The van der Waals surface area contributed by atoms with E-state index < -0.39 is 0 Å². The molecule has 16 heavy (non-hydrogen) atoms. The van der Waals surface area contributed by atoms with Gasteiger partial charge in [0.25, 0.3) is 0 Å². The van der Waals surface area contributed by atoms with E-state index >= 15 is 0 Å². The predicted octanol–water partition coefficient (Wildman–Crippen LogP) is 4.33. The van der Waals surface area contributed by atoms with Gasteiger partial charge < -0.3 is 10.5 Å². The van der Waals surface area contributed by atoms with Gasteiger partial charge in [-0.15, -0.1) is 0 Å². The number of halogens is 1. The summed E-state index contributed by atoms with van der Waals surface area (Å²) in [6, 6.07) is 4.12. The van der Waals surface area contributed by atoms with Crippen molar-refractivity contribution < 1.29 is 4.74 Å². The molecule has 0 saturated heterocycles. The van der Waals surface area contributed by atoms with Crippen molar-refractivity contribution in [1.29, 1.82) is 0 Å². The van der Waals surface area contributed by atoms with E-state index in [0.29, 0.717) is 12.5 Å². The fourth-order valence-corrected chi connectivity index (χ4v) is 2.12. The van der Waals surface area contributed by atoms with Crippen LogP contribution in [-0.2, 0) is 0 Å². The van der Waals surface area contributed by atoms with Gasteiger partial charge in [0.15, 0.2) is 5.75 Å². The van der Waals surface area contributed by atoms with Crippen LogP contribution in [0, 0.1) is 0 Å². The Kier molecular flexibility index (Phi) is 5.13. The van der Waals surface area contributed by atoms with Gasteiger partial charge in [0, 0.05) is 0 Å². The second kappa shape index (κ2) is 6.14. The summed E-state index contributed by atoms with van der Waals surface area (Å²) >= 11 is 3.52. The number of ether oxygens (including phenoxy) is 1. The van der Waals surface area contributed by atoms with Gasteiger partial charge >= 0.3 is 0 Å². The molecule has 2 nitrogen and oxygen atoms in total. The molecular weight excluding hydrogens is 266 g/mol. The van der Waals surface area contributed by atoms with Gasteiger partial charge in [-0.2, -0.15) is 0 Å². The average molecular weight is 286 g/mol. The third-order valence-corrected chi connectivity index (χ3v) is 3.32. The van der Waals surface area contributed by atoms with E-state index in [1.807, 2.05) is 6.07 Å². The van der Waals surface area contributed by atoms with Crippen molar-refractivity contribution in [2.45, 2.75) is 39.5 Å². The highest BCUT2D eigenvalue weighted by Crippen LogP contribution is 2.35. The smallest absolute Gasteiger partial charge is 0.156 e. The maximum atomic E-state index is 6.00. The Balaban J connectivity index is 2.97. The van der Waals surface area contributed by atoms with Gasteiger partial charge in [0.2, 0.25) is 0 Å². The van der Waals surface area contributed by atoms with Crippen LogP contribution < -0.4 is 10.5 Å². The number of hydrogen-bond donors (Lipinski definition) is 1. The van der Waals surface area contributed by atoms with Gasteiger partial charge in [-0.1, -0.05) is 20.8 Å². The summed E-state index contributed by atoms with van der Waals surface area (Å²) in [5.74, 6) is 1.30. The van der Waals surface area contributed by atoms with E-state index in [-0.39, 0.29) is 0 Å². The lowest BCUT2D eigenvalue weighted by Crippen LogP contribution is -2.02. The molecule has 1 rings (SSSR count). The molecule has 0 bridgehead atoms. The molecule has 0 fully saturated rings. The first kappa shape index (κ1) is 13.4. The van der Waals surface area contributed by atoms with Crippen LogP contribution in [-0.4, -0.2) is 6.61 Å². The Morgan fingerprint density at radius 1 is 1.38 bits per heavy atom. The minimum atomic E-state index is 0.527. The molecular formula is C13H20BrNO. The zero-order chi connectivity index (χ0) is 12.1. The van der Waals surface area contributed by atoms with Gasteiger partial charge in [-0.25, -0.2) is 0 Å². The second-order valence-corrected chi connectivity index (χ2v) is 4.93. The Morgan fingerprint density at radius 3 is 2.56 bits per heavy atom. The maximum absolute atomic E-state index is 6.00. The number of nitrogen functional groups attached to an aromatic ring is 1. The van der Waals surface area contributed by atoms with Crippen LogP contribution in [0.25, 0.3) is 0 Å². The topological polar surface area (TPSA) is 35.2 Å². The lowest BCUT2D eigenvalue weighted by Gasteiger charge is -2.15. The lowest BCUT2D eigenvalue weighted by atomic mass is 9.98. The summed E-state index contributed by atoms with van der Waals surface area (Å²) in [5, 5.41) is 0. The molecule has 2 N–H and O–H groups in total. The van der Waals surface area contributed by atoms with Crippen LogP contribution in [0.1, 0.15) is 45.1 Å². The van der Waals surface area contributed by atoms with Gasteiger partial charge in [-0.05, 0) is 52.4 Å². The molecule has 0 aliphatic carbocycles. The Labute approximate surface area is 106 Å². The minimum absolute atomic E-state index is 0.527. The Morgan fingerprint density at radius 2 is 2.06 bits per heavy atom. The van der Waals surface area contributed by atoms with Crippen molar-refractivity contribution in [1.82, 2.24) is 0 Å². The Bertz CT molecular complexity index is 329. The van der Waals surface area contributed by atoms with Crippen LogP contribution in [0.2, 0.25) is 0 Å². The van der Waals surface area contributed by atoms with Crippen molar-refractivity contribution in [3.63, 3.8) is 0 Å².